The Kier molecular flexibility index (Phi) is 5.22. The van der Waals surface area contributed by atoms with Crippen LogP contribution in [-0.4, -0.2) is 37.8 Å². The van der Waals surface area contributed by atoms with Crippen molar-refractivity contribution in [2.75, 3.05) is 32.7 Å². The molecule has 1 heterocycles. The lowest BCUT2D eigenvalue weighted by Gasteiger charge is -2.30. The molecule has 0 bridgehead atoms. The molecule has 0 radical (unpaired) electrons. The molecule has 1 aliphatic heterocycles. The first-order valence-electron chi connectivity index (χ1n) is 8.25. The molecule has 1 atom stereocenters. The Morgan fingerprint density at radius 2 is 1.32 bits per heavy atom. The zero-order chi connectivity index (χ0) is 15.2. The maximum Gasteiger partial charge on any atom is 0.128 e. The van der Waals surface area contributed by atoms with Crippen LogP contribution in [0.2, 0.25) is 0 Å². The Hall–Kier alpha value is -1.68. The molecule has 22 heavy (non-hydrogen) atoms. The van der Waals surface area contributed by atoms with Gasteiger partial charge in [-0.1, -0.05) is 60.7 Å². The van der Waals surface area contributed by atoms with Crippen molar-refractivity contribution in [3.05, 3.63) is 71.8 Å². The third-order valence-electron chi connectivity index (χ3n) is 4.63. The predicted octanol–water partition coefficient (Wildman–Crippen LogP) is -0.296. The summed E-state index contributed by atoms with van der Waals surface area (Å²) in [5.41, 5.74) is 2.46. The summed E-state index contributed by atoms with van der Waals surface area (Å²) in [6.07, 6.45) is -0.341. The predicted molar refractivity (Wildman–Crippen MR) is 87.8 cm³/mol. The van der Waals surface area contributed by atoms with Crippen molar-refractivity contribution in [1.82, 2.24) is 0 Å². The quantitative estimate of drug-likeness (QED) is 0.695. The summed E-state index contributed by atoms with van der Waals surface area (Å²) in [4.78, 5) is 3.18. The van der Waals surface area contributed by atoms with Gasteiger partial charge in [0.15, 0.2) is 0 Å². The molecule has 3 N–H and O–H groups in total. The largest absolute Gasteiger partial charge is 0.382 e. The summed E-state index contributed by atoms with van der Waals surface area (Å²) in [7, 11) is 0. The van der Waals surface area contributed by atoms with E-state index >= 15 is 0 Å². The van der Waals surface area contributed by atoms with Crippen LogP contribution in [0.5, 0.6) is 0 Å². The Bertz CT molecular complexity index is 550. The van der Waals surface area contributed by atoms with Crippen molar-refractivity contribution in [3.63, 3.8) is 0 Å². The van der Waals surface area contributed by atoms with Gasteiger partial charge < -0.3 is 14.9 Å². The molecule has 1 saturated heterocycles. The average Bonchev–Trinajstić information content (AvgIpc) is 2.58. The molecule has 0 amide bonds. The second-order valence-electron chi connectivity index (χ2n) is 6.29. The van der Waals surface area contributed by atoms with Crippen molar-refractivity contribution in [2.24, 2.45) is 0 Å². The molecular weight excluding hydrogens is 272 g/mol. The van der Waals surface area contributed by atoms with E-state index in [0.29, 0.717) is 0 Å². The van der Waals surface area contributed by atoms with Gasteiger partial charge in [-0.2, -0.15) is 0 Å². The molecule has 1 fully saturated rings. The highest BCUT2D eigenvalue weighted by molar-refractivity contribution is 5.17. The van der Waals surface area contributed by atoms with Crippen LogP contribution in [0.4, 0.5) is 0 Å². The fraction of sp³-hybridized carbons (Fsp3) is 0.368. The van der Waals surface area contributed by atoms with E-state index in [-0.39, 0.29) is 6.10 Å². The zero-order valence-corrected chi connectivity index (χ0v) is 13.0. The minimum absolute atomic E-state index is 0.341. The van der Waals surface area contributed by atoms with Crippen molar-refractivity contribution in [3.8, 4) is 0 Å². The van der Waals surface area contributed by atoms with Gasteiger partial charge in [-0.15, -0.1) is 0 Å². The molecule has 116 valence electrons. The first-order chi connectivity index (χ1) is 10.8. The van der Waals surface area contributed by atoms with Gasteiger partial charge in [-0.3, -0.25) is 0 Å². The van der Waals surface area contributed by atoms with E-state index in [9.17, 15) is 5.11 Å². The van der Waals surface area contributed by atoms with E-state index in [4.69, 9.17) is 0 Å². The number of aliphatic hydroxyl groups excluding tert-OH is 1. The minimum Gasteiger partial charge on any atom is -0.382 e. The number of quaternary nitrogens is 2. The second-order valence-corrected chi connectivity index (χ2v) is 6.29. The number of hydrogen-bond donors (Lipinski definition) is 3. The van der Waals surface area contributed by atoms with Crippen LogP contribution in [-0.2, 0) is 6.54 Å². The number of aliphatic hydroxyl groups is 1. The molecule has 0 spiro atoms. The van der Waals surface area contributed by atoms with Gasteiger partial charge in [0.25, 0.3) is 0 Å². The zero-order valence-electron chi connectivity index (χ0n) is 13.0. The van der Waals surface area contributed by atoms with E-state index < -0.39 is 0 Å². The molecule has 0 saturated carbocycles. The highest BCUT2D eigenvalue weighted by atomic mass is 16.3. The Labute approximate surface area is 132 Å². The molecule has 3 rings (SSSR count). The highest BCUT2D eigenvalue weighted by Gasteiger charge is 2.25. The molecule has 0 aromatic heterocycles. The average molecular weight is 298 g/mol. The van der Waals surface area contributed by atoms with Gasteiger partial charge >= 0.3 is 0 Å². The van der Waals surface area contributed by atoms with Crippen molar-refractivity contribution < 1.29 is 14.9 Å². The Morgan fingerprint density at radius 1 is 0.773 bits per heavy atom. The van der Waals surface area contributed by atoms with Gasteiger partial charge in [0.05, 0.1) is 0 Å². The van der Waals surface area contributed by atoms with E-state index in [0.717, 1.165) is 31.7 Å². The van der Waals surface area contributed by atoms with Gasteiger partial charge in [0.2, 0.25) is 0 Å². The third kappa shape index (κ3) is 4.17. The summed E-state index contributed by atoms with van der Waals surface area (Å²) >= 11 is 0. The van der Waals surface area contributed by atoms with E-state index in [1.807, 2.05) is 30.3 Å². The standard InChI is InChI=1S/C19H24N2O/c22-19(18-9-5-2-6-10-18)16-21-13-11-20(12-14-21)15-17-7-3-1-4-8-17/h1-10,19,22H,11-16H2/p+2/t19-/m0/s1. The summed E-state index contributed by atoms with van der Waals surface area (Å²) in [6.45, 7) is 6.60. The number of benzene rings is 2. The van der Waals surface area contributed by atoms with Gasteiger partial charge in [-0.05, 0) is 5.56 Å². The lowest BCUT2D eigenvalue weighted by Crippen LogP contribution is -3.27. The lowest BCUT2D eigenvalue weighted by atomic mass is 10.1. The highest BCUT2D eigenvalue weighted by Crippen LogP contribution is 2.09. The monoisotopic (exact) mass is 298 g/mol. The van der Waals surface area contributed by atoms with Crippen LogP contribution in [0.1, 0.15) is 17.2 Å². The van der Waals surface area contributed by atoms with E-state index in [2.05, 4.69) is 30.3 Å². The van der Waals surface area contributed by atoms with Crippen LogP contribution in [0.3, 0.4) is 0 Å². The van der Waals surface area contributed by atoms with Gasteiger partial charge in [0.1, 0.15) is 45.4 Å². The normalized spacial score (nSPS) is 23.1. The molecule has 0 aliphatic carbocycles. The van der Waals surface area contributed by atoms with Gasteiger partial charge in [0, 0.05) is 5.56 Å². The first-order valence-corrected chi connectivity index (χ1v) is 8.25. The molecule has 2 aromatic rings. The van der Waals surface area contributed by atoms with Crippen LogP contribution in [0, 0.1) is 0 Å². The SMILES string of the molecule is O[C@@H](C[NH+]1CC[NH+](Cc2ccccc2)CC1)c1ccccc1. The van der Waals surface area contributed by atoms with E-state index in [1.54, 1.807) is 4.90 Å². The van der Waals surface area contributed by atoms with Crippen molar-refractivity contribution in [1.29, 1.82) is 0 Å². The van der Waals surface area contributed by atoms with E-state index in [1.165, 1.54) is 23.6 Å². The molecular formula is C19H26N2O+2. The fourth-order valence-electron chi connectivity index (χ4n) is 3.29. The van der Waals surface area contributed by atoms with Crippen molar-refractivity contribution >= 4 is 0 Å². The first kappa shape index (κ1) is 15.2. The van der Waals surface area contributed by atoms with Crippen LogP contribution in [0.25, 0.3) is 0 Å². The van der Waals surface area contributed by atoms with Crippen LogP contribution < -0.4 is 9.80 Å². The maximum absolute atomic E-state index is 10.3. The molecule has 1 aliphatic rings. The van der Waals surface area contributed by atoms with Crippen LogP contribution in [0.15, 0.2) is 60.7 Å². The minimum atomic E-state index is -0.341. The van der Waals surface area contributed by atoms with Crippen molar-refractivity contribution in [2.45, 2.75) is 12.6 Å². The molecule has 2 aromatic carbocycles. The Morgan fingerprint density at radius 3 is 1.95 bits per heavy atom. The number of nitrogens with one attached hydrogen (secondary N) is 2. The van der Waals surface area contributed by atoms with Crippen LogP contribution >= 0.6 is 0 Å². The summed E-state index contributed by atoms with van der Waals surface area (Å²) < 4.78 is 0. The number of hydrogen-bond acceptors (Lipinski definition) is 1. The fourth-order valence-corrected chi connectivity index (χ4v) is 3.29. The topological polar surface area (TPSA) is 29.1 Å². The summed E-state index contributed by atoms with van der Waals surface area (Å²) in [5.74, 6) is 0. The number of rotatable bonds is 5. The molecule has 0 unspecified atom stereocenters. The third-order valence-corrected chi connectivity index (χ3v) is 4.63. The maximum atomic E-state index is 10.3. The summed E-state index contributed by atoms with van der Waals surface area (Å²) in [6, 6.07) is 20.8. The van der Waals surface area contributed by atoms with Gasteiger partial charge in [-0.25, -0.2) is 0 Å². The summed E-state index contributed by atoms with van der Waals surface area (Å²) in [5, 5.41) is 10.3. The lowest BCUT2D eigenvalue weighted by molar-refractivity contribution is -1.02. The number of piperazine rings is 1. The second kappa shape index (κ2) is 7.54. The Balaban J connectivity index is 1.46. The molecule has 3 heteroatoms. The molecule has 3 nitrogen and oxygen atoms in total. The smallest absolute Gasteiger partial charge is 0.128 e.